The van der Waals surface area contributed by atoms with Gasteiger partial charge in [-0.1, -0.05) is 12.1 Å². The molecule has 4 nitrogen and oxygen atoms in total. The summed E-state index contributed by atoms with van der Waals surface area (Å²) in [6.07, 6.45) is 1.32. The number of nitrogens with one attached hydrogen (secondary N) is 1. The van der Waals surface area contributed by atoms with Crippen LogP contribution in [-0.2, 0) is 11.2 Å². The summed E-state index contributed by atoms with van der Waals surface area (Å²) in [4.78, 5) is 2.48. The number of methoxy groups -OCH3 is 1. The van der Waals surface area contributed by atoms with Gasteiger partial charge in [-0.25, -0.2) is 0 Å². The van der Waals surface area contributed by atoms with Crippen LogP contribution < -0.4 is 10.1 Å². The van der Waals surface area contributed by atoms with Crippen molar-refractivity contribution in [3.8, 4) is 5.75 Å². The molecule has 4 heteroatoms. The van der Waals surface area contributed by atoms with Gasteiger partial charge in [0.2, 0.25) is 0 Å². The van der Waals surface area contributed by atoms with Gasteiger partial charge in [0.05, 0.1) is 19.8 Å². The van der Waals surface area contributed by atoms with Crippen molar-refractivity contribution in [3.05, 3.63) is 29.8 Å². The Bertz CT molecular complexity index is 423. The molecule has 0 radical (unpaired) electrons. The molecule has 118 valence electrons. The molecule has 1 aromatic rings. The molecule has 1 fully saturated rings. The molecule has 0 bridgehead atoms. The Morgan fingerprint density at radius 3 is 3.05 bits per heavy atom. The average Bonchev–Trinajstić information content (AvgIpc) is 2.52. The minimum absolute atomic E-state index is 0.312. The molecule has 1 unspecified atom stereocenters. The highest BCUT2D eigenvalue weighted by Gasteiger charge is 2.21. The first-order valence-electron chi connectivity index (χ1n) is 7.88. The van der Waals surface area contributed by atoms with E-state index in [1.807, 2.05) is 12.1 Å². The van der Waals surface area contributed by atoms with Crippen molar-refractivity contribution in [2.24, 2.45) is 0 Å². The largest absolute Gasteiger partial charge is 0.497 e. The lowest BCUT2D eigenvalue weighted by Crippen LogP contribution is -2.49. The van der Waals surface area contributed by atoms with Gasteiger partial charge in [-0.15, -0.1) is 0 Å². The van der Waals surface area contributed by atoms with Crippen LogP contribution in [0.2, 0.25) is 0 Å². The fraction of sp³-hybridized carbons (Fsp3) is 0.647. The van der Waals surface area contributed by atoms with E-state index in [9.17, 15) is 0 Å². The van der Waals surface area contributed by atoms with Crippen LogP contribution in [-0.4, -0.2) is 56.9 Å². The Kier molecular flexibility index (Phi) is 6.49. The van der Waals surface area contributed by atoms with Crippen molar-refractivity contribution in [1.29, 1.82) is 0 Å². The molecule has 2 rings (SSSR count). The van der Waals surface area contributed by atoms with Crippen LogP contribution in [0.3, 0.4) is 0 Å². The van der Waals surface area contributed by atoms with E-state index in [1.54, 1.807) is 7.11 Å². The minimum Gasteiger partial charge on any atom is -0.497 e. The van der Waals surface area contributed by atoms with Gasteiger partial charge < -0.3 is 14.8 Å². The lowest BCUT2D eigenvalue weighted by molar-refractivity contribution is -0.0370. The molecule has 1 N–H and O–H groups in total. The predicted molar refractivity (Wildman–Crippen MR) is 86.0 cm³/mol. The summed E-state index contributed by atoms with van der Waals surface area (Å²) in [5.74, 6) is 0.927. The van der Waals surface area contributed by atoms with Crippen LogP contribution in [0.5, 0.6) is 5.75 Å². The minimum atomic E-state index is 0.312. The van der Waals surface area contributed by atoms with Gasteiger partial charge in [0.25, 0.3) is 0 Å². The van der Waals surface area contributed by atoms with Gasteiger partial charge in [-0.05, 0) is 44.5 Å². The van der Waals surface area contributed by atoms with Crippen LogP contribution in [0, 0.1) is 0 Å². The Hall–Kier alpha value is -1.10. The predicted octanol–water partition coefficient (Wildman–Crippen LogP) is 1.94. The summed E-state index contributed by atoms with van der Waals surface area (Å²) >= 11 is 0. The van der Waals surface area contributed by atoms with E-state index in [4.69, 9.17) is 9.47 Å². The van der Waals surface area contributed by atoms with Gasteiger partial charge in [-0.3, -0.25) is 4.90 Å². The van der Waals surface area contributed by atoms with Crippen molar-refractivity contribution in [2.75, 3.05) is 39.9 Å². The highest BCUT2D eigenvalue weighted by Crippen LogP contribution is 2.12. The second-order valence-corrected chi connectivity index (χ2v) is 5.89. The molecule has 1 aliphatic rings. The average molecular weight is 292 g/mol. The summed E-state index contributed by atoms with van der Waals surface area (Å²) in [5, 5.41) is 3.51. The number of morpholine rings is 1. The third-order valence-corrected chi connectivity index (χ3v) is 4.00. The molecule has 1 heterocycles. The summed E-state index contributed by atoms with van der Waals surface area (Å²) in [5.41, 5.74) is 1.30. The van der Waals surface area contributed by atoms with Crippen LogP contribution >= 0.6 is 0 Å². The van der Waals surface area contributed by atoms with E-state index in [1.165, 1.54) is 5.56 Å². The van der Waals surface area contributed by atoms with Crippen molar-refractivity contribution in [3.63, 3.8) is 0 Å². The van der Waals surface area contributed by atoms with Crippen molar-refractivity contribution < 1.29 is 9.47 Å². The summed E-state index contributed by atoms with van der Waals surface area (Å²) in [6, 6.07) is 8.86. The van der Waals surface area contributed by atoms with Crippen molar-refractivity contribution >= 4 is 0 Å². The first kappa shape index (κ1) is 16.3. The molecule has 0 amide bonds. The highest BCUT2D eigenvalue weighted by molar-refractivity contribution is 5.28. The fourth-order valence-electron chi connectivity index (χ4n) is 2.66. The van der Waals surface area contributed by atoms with Crippen molar-refractivity contribution in [1.82, 2.24) is 10.2 Å². The van der Waals surface area contributed by atoms with E-state index in [2.05, 4.69) is 36.2 Å². The summed E-state index contributed by atoms with van der Waals surface area (Å²) in [7, 11) is 1.71. The molecule has 0 aromatic heterocycles. The number of nitrogens with zero attached hydrogens (tertiary/aromatic N) is 1. The number of ether oxygens (including phenoxy) is 2. The van der Waals surface area contributed by atoms with Gasteiger partial charge >= 0.3 is 0 Å². The Balaban J connectivity index is 1.67. The highest BCUT2D eigenvalue weighted by atomic mass is 16.5. The first-order valence-corrected chi connectivity index (χ1v) is 7.88. The van der Waals surface area contributed by atoms with Crippen molar-refractivity contribution in [2.45, 2.75) is 32.4 Å². The molecule has 1 aromatic carbocycles. The van der Waals surface area contributed by atoms with Crippen LogP contribution in [0.1, 0.15) is 19.4 Å². The van der Waals surface area contributed by atoms with Gasteiger partial charge in [0.1, 0.15) is 5.75 Å². The van der Waals surface area contributed by atoms with E-state index >= 15 is 0 Å². The summed E-state index contributed by atoms with van der Waals surface area (Å²) < 4.78 is 11.1. The molecule has 0 aliphatic carbocycles. The molecule has 21 heavy (non-hydrogen) atoms. The van der Waals surface area contributed by atoms with Gasteiger partial charge in [-0.2, -0.15) is 0 Å². The zero-order valence-electron chi connectivity index (χ0n) is 13.5. The smallest absolute Gasteiger partial charge is 0.119 e. The normalized spacial score (nSPS) is 19.9. The molecule has 1 atom stereocenters. The lowest BCUT2D eigenvalue weighted by atomic mass is 10.1. The van der Waals surface area contributed by atoms with E-state index in [0.29, 0.717) is 12.1 Å². The van der Waals surface area contributed by atoms with Gasteiger partial charge in [0, 0.05) is 25.7 Å². The molecular formula is C17H28N2O2. The van der Waals surface area contributed by atoms with Crippen LogP contribution in [0.25, 0.3) is 0 Å². The topological polar surface area (TPSA) is 33.7 Å². The van der Waals surface area contributed by atoms with E-state index in [0.717, 1.165) is 45.0 Å². The van der Waals surface area contributed by atoms with E-state index < -0.39 is 0 Å². The molecule has 1 aliphatic heterocycles. The number of rotatable bonds is 7. The zero-order valence-corrected chi connectivity index (χ0v) is 13.5. The maximum Gasteiger partial charge on any atom is 0.119 e. The molecular weight excluding hydrogens is 264 g/mol. The lowest BCUT2D eigenvalue weighted by Gasteiger charge is -2.35. The number of hydrogen-bond acceptors (Lipinski definition) is 4. The molecule has 0 spiro atoms. The number of hydrogen-bond donors (Lipinski definition) is 1. The Morgan fingerprint density at radius 2 is 2.29 bits per heavy atom. The second-order valence-electron chi connectivity index (χ2n) is 5.89. The third kappa shape index (κ3) is 5.30. The Labute approximate surface area is 128 Å². The standard InChI is InChI=1S/C17H28N2O2/c1-14(2)19-9-10-21-17(13-19)12-18-8-7-15-5-4-6-16(11-15)20-3/h4-6,11,14,17-18H,7-10,12-13H2,1-3H3. The maximum atomic E-state index is 5.82. The fourth-order valence-corrected chi connectivity index (χ4v) is 2.66. The summed E-state index contributed by atoms with van der Waals surface area (Å²) in [6.45, 7) is 9.32. The Morgan fingerprint density at radius 1 is 1.43 bits per heavy atom. The zero-order chi connectivity index (χ0) is 15.1. The quantitative estimate of drug-likeness (QED) is 0.779. The molecule has 1 saturated heterocycles. The monoisotopic (exact) mass is 292 g/mol. The second kappa shape index (κ2) is 8.37. The van der Waals surface area contributed by atoms with Crippen LogP contribution in [0.15, 0.2) is 24.3 Å². The van der Waals surface area contributed by atoms with Crippen LogP contribution in [0.4, 0.5) is 0 Å². The number of benzene rings is 1. The third-order valence-electron chi connectivity index (χ3n) is 4.00. The van der Waals surface area contributed by atoms with Gasteiger partial charge in [0.15, 0.2) is 0 Å². The molecule has 0 saturated carbocycles. The first-order chi connectivity index (χ1) is 10.2. The SMILES string of the molecule is COc1cccc(CCNCC2CN(C(C)C)CCO2)c1. The maximum absolute atomic E-state index is 5.82. The van der Waals surface area contributed by atoms with E-state index in [-0.39, 0.29) is 0 Å².